The second-order valence-electron chi connectivity index (χ2n) is 5.46. The van der Waals surface area contributed by atoms with Gasteiger partial charge >= 0.3 is 0 Å². The molecule has 0 atom stereocenters. The first-order valence-corrected chi connectivity index (χ1v) is 7.36. The molecule has 3 heterocycles. The number of nitrogens with one attached hydrogen (secondary N) is 1. The minimum absolute atomic E-state index is 0.733. The van der Waals surface area contributed by atoms with Crippen LogP contribution in [0, 0.1) is 6.92 Å². The smallest absolute Gasteiger partial charge is 0.180 e. The van der Waals surface area contributed by atoms with E-state index in [4.69, 9.17) is 0 Å². The van der Waals surface area contributed by atoms with E-state index >= 15 is 0 Å². The number of imidazole rings is 1. The van der Waals surface area contributed by atoms with Gasteiger partial charge in [0.15, 0.2) is 11.5 Å². The van der Waals surface area contributed by atoms with Gasteiger partial charge in [-0.25, -0.2) is 9.97 Å². The van der Waals surface area contributed by atoms with Crippen LogP contribution >= 0.6 is 0 Å². The number of hydrogen-bond acceptors (Lipinski definition) is 4. The molecule has 0 aliphatic rings. The van der Waals surface area contributed by atoms with Crippen LogP contribution in [0.4, 0.5) is 11.5 Å². The highest BCUT2D eigenvalue weighted by Crippen LogP contribution is 2.25. The topological polar surface area (TPSA) is 60.0 Å². The van der Waals surface area contributed by atoms with Crippen molar-refractivity contribution in [1.29, 1.82) is 0 Å². The number of fused-ring (bicyclic) bond motifs is 1. The fraction of sp³-hybridized carbons (Fsp3) is 0.118. The molecule has 4 rings (SSSR count). The summed E-state index contributed by atoms with van der Waals surface area (Å²) in [6.07, 6.45) is 9.33. The molecule has 0 radical (unpaired) electrons. The van der Waals surface area contributed by atoms with Crippen LogP contribution in [-0.4, -0.2) is 24.1 Å². The van der Waals surface area contributed by atoms with Gasteiger partial charge in [0.25, 0.3) is 0 Å². The Bertz CT molecular complexity index is 982. The molecular formula is C17H16N6. The second kappa shape index (κ2) is 5.24. The molecule has 6 heteroatoms. The summed E-state index contributed by atoms with van der Waals surface area (Å²) in [6.45, 7) is 2.06. The molecule has 4 aromatic rings. The summed E-state index contributed by atoms with van der Waals surface area (Å²) in [6, 6.07) is 8.12. The third-order valence-corrected chi connectivity index (χ3v) is 3.83. The zero-order chi connectivity index (χ0) is 15.8. The summed E-state index contributed by atoms with van der Waals surface area (Å²) in [5.41, 5.74) is 4.99. The molecule has 0 saturated heterocycles. The number of nitrogens with zero attached hydrogens (tertiary/aromatic N) is 5. The molecule has 23 heavy (non-hydrogen) atoms. The molecule has 0 spiro atoms. The summed E-state index contributed by atoms with van der Waals surface area (Å²) in [7, 11) is 1.90. The van der Waals surface area contributed by atoms with Crippen molar-refractivity contribution in [3.05, 3.63) is 60.8 Å². The van der Waals surface area contributed by atoms with Gasteiger partial charge < -0.3 is 5.32 Å². The van der Waals surface area contributed by atoms with Crippen molar-refractivity contribution in [1.82, 2.24) is 24.1 Å². The van der Waals surface area contributed by atoms with Crippen molar-refractivity contribution in [3.63, 3.8) is 0 Å². The predicted molar refractivity (Wildman–Crippen MR) is 89.7 cm³/mol. The number of rotatable bonds is 3. The highest BCUT2D eigenvalue weighted by atomic mass is 15.2. The Balaban J connectivity index is 1.80. The molecular weight excluding hydrogens is 288 g/mol. The molecule has 1 aromatic carbocycles. The van der Waals surface area contributed by atoms with Crippen LogP contribution in [0.15, 0.2) is 55.2 Å². The van der Waals surface area contributed by atoms with E-state index in [0.717, 1.165) is 34.0 Å². The van der Waals surface area contributed by atoms with E-state index in [9.17, 15) is 0 Å². The van der Waals surface area contributed by atoms with Gasteiger partial charge in [0, 0.05) is 36.9 Å². The van der Waals surface area contributed by atoms with Crippen LogP contribution in [0.3, 0.4) is 0 Å². The quantitative estimate of drug-likeness (QED) is 0.631. The molecule has 114 valence electrons. The van der Waals surface area contributed by atoms with Crippen molar-refractivity contribution >= 4 is 17.2 Å². The van der Waals surface area contributed by atoms with E-state index in [1.807, 2.05) is 54.4 Å². The Kier molecular flexibility index (Phi) is 3.08. The van der Waals surface area contributed by atoms with Gasteiger partial charge in [-0.05, 0) is 18.6 Å². The van der Waals surface area contributed by atoms with Gasteiger partial charge in [-0.2, -0.15) is 5.10 Å². The predicted octanol–water partition coefficient (Wildman–Crippen LogP) is 3.18. The number of anilines is 2. The Morgan fingerprint density at radius 2 is 1.96 bits per heavy atom. The monoisotopic (exact) mass is 304 g/mol. The van der Waals surface area contributed by atoms with Gasteiger partial charge in [0.2, 0.25) is 0 Å². The maximum Gasteiger partial charge on any atom is 0.180 e. The third kappa shape index (κ3) is 2.34. The van der Waals surface area contributed by atoms with Crippen molar-refractivity contribution < 1.29 is 0 Å². The average molecular weight is 304 g/mol. The minimum atomic E-state index is 0.733. The van der Waals surface area contributed by atoms with Crippen LogP contribution in [-0.2, 0) is 7.05 Å². The maximum atomic E-state index is 4.53. The zero-order valence-corrected chi connectivity index (χ0v) is 12.9. The number of hydrogen-bond donors (Lipinski definition) is 1. The first-order valence-electron chi connectivity index (χ1n) is 7.36. The lowest BCUT2D eigenvalue weighted by Crippen LogP contribution is -1.99. The summed E-state index contributed by atoms with van der Waals surface area (Å²) in [5.74, 6) is 0.733. The van der Waals surface area contributed by atoms with E-state index < -0.39 is 0 Å². The van der Waals surface area contributed by atoms with Crippen molar-refractivity contribution in [2.45, 2.75) is 6.92 Å². The molecule has 0 amide bonds. The SMILES string of the molecule is Cc1ccccc1Nc1nccn2c(-c3cnn(C)c3)cnc12. The molecule has 0 aliphatic carbocycles. The lowest BCUT2D eigenvalue weighted by Gasteiger charge is -2.09. The Labute approximate surface area is 133 Å². The van der Waals surface area contributed by atoms with Crippen LogP contribution in [0.1, 0.15) is 5.56 Å². The molecule has 6 nitrogen and oxygen atoms in total. The first kappa shape index (κ1) is 13.5. The first-order chi connectivity index (χ1) is 11.2. The van der Waals surface area contributed by atoms with Crippen molar-refractivity contribution in [3.8, 4) is 11.3 Å². The fourth-order valence-electron chi connectivity index (χ4n) is 2.62. The van der Waals surface area contributed by atoms with Gasteiger partial charge in [-0.15, -0.1) is 0 Å². The lowest BCUT2D eigenvalue weighted by atomic mass is 10.2. The molecule has 0 unspecified atom stereocenters. The van der Waals surface area contributed by atoms with Gasteiger partial charge in [0.1, 0.15) is 0 Å². The lowest BCUT2D eigenvalue weighted by molar-refractivity contribution is 0.768. The van der Waals surface area contributed by atoms with Crippen molar-refractivity contribution in [2.24, 2.45) is 7.05 Å². The molecule has 0 bridgehead atoms. The summed E-state index contributed by atoms with van der Waals surface area (Å²) < 4.78 is 3.80. The molecule has 1 N–H and O–H groups in total. The fourth-order valence-corrected chi connectivity index (χ4v) is 2.62. The number of para-hydroxylation sites is 1. The summed E-state index contributed by atoms with van der Waals surface area (Å²) >= 11 is 0. The average Bonchev–Trinajstić information content (AvgIpc) is 3.16. The van der Waals surface area contributed by atoms with E-state index in [1.54, 1.807) is 10.9 Å². The van der Waals surface area contributed by atoms with Crippen LogP contribution < -0.4 is 5.32 Å². The number of aromatic nitrogens is 5. The zero-order valence-electron chi connectivity index (χ0n) is 12.9. The standard InChI is InChI=1S/C17H16N6/c1-12-5-3-4-6-14(12)21-16-17-19-10-15(23(17)8-7-18-16)13-9-20-22(2)11-13/h3-11H,1-2H3,(H,18,21). The molecule has 0 saturated carbocycles. The Morgan fingerprint density at radius 3 is 2.74 bits per heavy atom. The van der Waals surface area contributed by atoms with Gasteiger partial charge in [0.05, 0.1) is 18.1 Å². The number of aryl methyl sites for hydroxylation is 2. The van der Waals surface area contributed by atoms with Crippen molar-refractivity contribution in [2.75, 3.05) is 5.32 Å². The molecule has 0 aliphatic heterocycles. The number of benzene rings is 1. The van der Waals surface area contributed by atoms with Gasteiger partial charge in [-0.1, -0.05) is 18.2 Å². The van der Waals surface area contributed by atoms with E-state index in [-0.39, 0.29) is 0 Å². The van der Waals surface area contributed by atoms with Gasteiger partial charge in [-0.3, -0.25) is 9.08 Å². The largest absolute Gasteiger partial charge is 0.337 e. The van der Waals surface area contributed by atoms with E-state index in [1.165, 1.54) is 0 Å². The Morgan fingerprint density at radius 1 is 1.09 bits per heavy atom. The van der Waals surface area contributed by atoms with Crippen LogP contribution in [0.2, 0.25) is 0 Å². The van der Waals surface area contributed by atoms with Crippen LogP contribution in [0.25, 0.3) is 16.9 Å². The highest BCUT2D eigenvalue weighted by molar-refractivity contribution is 5.74. The highest BCUT2D eigenvalue weighted by Gasteiger charge is 2.12. The summed E-state index contributed by atoms with van der Waals surface area (Å²) in [4.78, 5) is 8.97. The normalized spacial score (nSPS) is 11.0. The minimum Gasteiger partial charge on any atom is -0.337 e. The molecule has 3 aromatic heterocycles. The summed E-state index contributed by atoms with van der Waals surface area (Å²) in [5, 5.41) is 7.60. The van der Waals surface area contributed by atoms with Crippen LogP contribution in [0.5, 0.6) is 0 Å². The van der Waals surface area contributed by atoms with E-state index in [0.29, 0.717) is 0 Å². The third-order valence-electron chi connectivity index (χ3n) is 3.83. The molecule has 0 fully saturated rings. The Hall–Kier alpha value is -3.15. The maximum absolute atomic E-state index is 4.53. The van der Waals surface area contributed by atoms with E-state index in [2.05, 4.69) is 33.4 Å². The second-order valence-corrected chi connectivity index (χ2v) is 5.46.